The molecule has 172 valence electrons. The van der Waals surface area contributed by atoms with Crippen molar-refractivity contribution in [2.75, 3.05) is 5.75 Å². The highest BCUT2D eigenvalue weighted by molar-refractivity contribution is 7.99. The molecule has 1 aromatic carbocycles. The largest absolute Gasteiger partial charge is 0.480 e. The first-order valence-electron chi connectivity index (χ1n) is 10.6. The van der Waals surface area contributed by atoms with Crippen LogP contribution in [0.25, 0.3) is 10.9 Å². The fourth-order valence-corrected chi connectivity index (χ4v) is 4.38. The average Bonchev–Trinajstić information content (AvgIpc) is 3.53. The molecule has 9 nitrogen and oxygen atoms in total. The van der Waals surface area contributed by atoms with Crippen molar-refractivity contribution in [2.24, 2.45) is 0 Å². The van der Waals surface area contributed by atoms with Crippen molar-refractivity contribution in [2.45, 2.75) is 43.9 Å². The third kappa shape index (κ3) is 5.28. The Morgan fingerprint density at radius 3 is 2.76 bits per heavy atom. The summed E-state index contributed by atoms with van der Waals surface area (Å²) in [6.45, 7) is 4.49. The van der Waals surface area contributed by atoms with E-state index in [-0.39, 0.29) is 24.0 Å². The lowest BCUT2D eigenvalue weighted by Gasteiger charge is -2.14. The number of hydrogen-bond acceptors (Lipinski definition) is 6. The standard InChI is InChI=1S/C23H25N5O4S/c1-14(2)21-26-27-23(28(21)12-16-6-5-9-32-16)33-13-20(29)25-19(22(30)31)10-15-11-24-18-8-4-3-7-17(15)18/h3-9,11,14,19,24H,10,12-13H2,1-2H3,(H,25,29)(H,30,31). The van der Waals surface area contributed by atoms with Crippen LogP contribution >= 0.6 is 11.8 Å². The van der Waals surface area contributed by atoms with E-state index >= 15 is 0 Å². The molecule has 3 heterocycles. The number of rotatable bonds is 10. The molecule has 0 spiro atoms. The van der Waals surface area contributed by atoms with E-state index in [1.54, 1.807) is 12.5 Å². The van der Waals surface area contributed by atoms with Crippen LogP contribution in [0.15, 0.2) is 58.4 Å². The minimum absolute atomic E-state index is 0.0199. The van der Waals surface area contributed by atoms with E-state index < -0.39 is 12.0 Å². The maximum atomic E-state index is 12.6. The number of benzene rings is 1. The summed E-state index contributed by atoms with van der Waals surface area (Å²) in [5, 5.41) is 22.3. The number of fused-ring (bicyclic) bond motifs is 1. The Morgan fingerprint density at radius 1 is 1.21 bits per heavy atom. The van der Waals surface area contributed by atoms with Gasteiger partial charge in [-0.05, 0) is 23.8 Å². The van der Waals surface area contributed by atoms with Crippen LogP contribution in [0.3, 0.4) is 0 Å². The molecule has 4 aromatic rings. The van der Waals surface area contributed by atoms with Gasteiger partial charge in [-0.1, -0.05) is 43.8 Å². The summed E-state index contributed by atoms with van der Waals surface area (Å²) in [5.74, 6) is 0.243. The number of carboxylic acids is 1. The number of aliphatic carboxylic acids is 1. The van der Waals surface area contributed by atoms with Crippen molar-refractivity contribution < 1.29 is 19.1 Å². The Labute approximate surface area is 194 Å². The fraction of sp³-hybridized carbons (Fsp3) is 0.304. The molecular formula is C23H25N5O4S. The number of carbonyl (C=O) groups excluding carboxylic acids is 1. The van der Waals surface area contributed by atoms with Crippen LogP contribution in [0.1, 0.15) is 36.9 Å². The van der Waals surface area contributed by atoms with Gasteiger partial charge in [0.15, 0.2) is 5.16 Å². The molecule has 0 aliphatic heterocycles. The van der Waals surface area contributed by atoms with Crippen LogP contribution in [0.5, 0.6) is 0 Å². The van der Waals surface area contributed by atoms with Gasteiger partial charge >= 0.3 is 5.97 Å². The van der Waals surface area contributed by atoms with Crippen LogP contribution < -0.4 is 5.32 Å². The number of hydrogen-bond donors (Lipinski definition) is 3. The number of furan rings is 1. The van der Waals surface area contributed by atoms with E-state index in [0.29, 0.717) is 11.7 Å². The molecule has 0 fully saturated rings. The minimum Gasteiger partial charge on any atom is -0.480 e. The summed E-state index contributed by atoms with van der Waals surface area (Å²) in [6, 6.07) is 10.3. The Kier molecular flexibility index (Phi) is 6.83. The molecule has 10 heteroatoms. The number of nitrogens with zero attached hydrogens (tertiary/aromatic N) is 3. The number of H-pyrrole nitrogens is 1. The highest BCUT2D eigenvalue weighted by Crippen LogP contribution is 2.23. The first-order valence-corrected chi connectivity index (χ1v) is 11.6. The quantitative estimate of drug-likeness (QED) is 0.305. The first-order chi connectivity index (χ1) is 15.9. The van der Waals surface area contributed by atoms with E-state index in [1.807, 2.05) is 54.8 Å². The lowest BCUT2D eigenvalue weighted by atomic mass is 10.1. The molecule has 0 saturated heterocycles. The second-order valence-electron chi connectivity index (χ2n) is 7.97. The van der Waals surface area contributed by atoms with Gasteiger partial charge in [-0.25, -0.2) is 4.79 Å². The molecule has 0 radical (unpaired) electrons. The van der Waals surface area contributed by atoms with Gasteiger partial charge in [-0.2, -0.15) is 0 Å². The molecule has 0 aliphatic carbocycles. The molecule has 1 amide bonds. The molecule has 0 saturated carbocycles. The minimum atomic E-state index is -1.08. The van der Waals surface area contributed by atoms with Crippen molar-refractivity contribution in [1.82, 2.24) is 25.1 Å². The summed E-state index contributed by atoms with van der Waals surface area (Å²) in [7, 11) is 0. The smallest absolute Gasteiger partial charge is 0.326 e. The number of aromatic nitrogens is 4. The van der Waals surface area contributed by atoms with Gasteiger partial charge < -0.3 is 19.8 Å². The fourth-order valence-electron chi connectivity index (χ4n) is 3.63. The van der Waals surface area contributed by atoms with Crippen molar-refractivity contribution >= 4 is 34.5 Å². The number of aromatic amines is 1. The van der Waals surface area contributed by atoms with Crippen LogP contribution in [-0.4, -0.2) is 48.5 Å². The van der Waals surface area contributed by atoms with Gasteiger partial charge in [0.2, 0.25) is 5.91 Å². The van der Waals surface area contributed by atoms with Crippen molar-refractivity contribution in [3.63, 3.8) is 0 Å². The number of nitrogens with one attached hydrogen (secondary N) is 2. The zero-order valence-electron chi connectivity index (χ0n) is 18.3. The molecule has 3 N–H and O–H groups in total. The number of thioether (sulfide) groups is 1. The Morgan fingerprint density at radius 2 is 2.03 bits per heavy atom. The number of carboxylic acid groups (broad SMARTS) is 1. The summed E-state index contributed by atoms with van der Waals surface area (Å²) in [5.41, 5.74) is 1.76. The molecule has 4 rings (SSSR count). The monoisotopic (exact) mass is 467 g/mol. The second-order valence-corrected chi connectivity index (χ2v) is 8.91. The first kappa shape index (κ1) is 22.7. The third-order valence-electron chi connectivity index (χ3n) is 5.22. The predicted molar refractivity (Wildman–Crippen MR) is 124 cm³/mol. The SMILES string of the molecule is CC(C)c1nnc(SCC(=O)NC(Cc2c[nH]c3ccccc23)C(=O)O)n1Cc1ccco1. The summed E-state index contributed by atoms with van der Waals surface area (Å²) >= 11 is 1.22. The van der Waals surface area contributed by atoms with Crippen molar-refractivity contribution in [3.05, 3.63) is 66.0 Å². The van der Waals surface area contributed by atoms with Crippen LogP contribution in [-0.2, 0) is 22.6 Å². The van der Waals surface area contributed by atoms with E-state index in [1.165, 1.54) is 11.8 Å². The van der Waals surface area contributed by atoms with Crippen molar-refractivity contribution in [1.29, 1.82) is 0 Å². The van der Waals surface area contributed by atoms with Gasteiger partial charge in [0.1, 0.15) is 17.6 Å². The second kappa shape index (κ2) is 9.95. The number of carbonyl (C=O) groups is 2. The zero-order chi connectivity index (χ0) is 23.4. The highest BCUT2D eigenvalue weighted by Gasteiger charge is 2.23. The third-order valence-corrected chi connectivity index (χ3v) is 6.19. The lowest BCUT2D eigenvalue weighted by Crippen LogP contribution is -2.43. The van der Waals surface area contributed by atoms with Gasteiger partial charge in [0.05, 0.1) is 18.6 Å². The average molecular weight is 468 g/mol. The van der Waals surface area contributed by atoms with Gasteiger partial charge in [0, 0.05) is 29.4 Å². The summed E-state index contributed by atoms with van der Waals surface area (Å²) < 4.78 is 7.37. The lowest BCUT2D eigenvalue weighted by molar-refractivity contribution is -0.141. The van der Waals surface area contributed by atoms with Crippen molar-refractivity contribution in [3.8, 4) is 0 Å². The van der Waals surface area contributed by atoms with E-state index in [0.717, 1.165) is 28.1 Å². The zero-order valence-corrected chi connectivity index (χ0v) is 19.1. The number of amides is 1. The summed E-state index contributed by atoms with van der Waals surface area (Å²) in [6.07, 6.45) is 3.57. The topological polar surface area (TPSA) is 126 Å². The predicted octanol–water partition coefficient (Wildman–Crippen LogP) is 3.43. The molecule has 0 aliphatic rings. The summed E-state index contributed by atoms with van der Waals surface area (Å²) in [4.78, 5) is 27.6. The molecular weight excluding hydrogens is 442 g/mol. The van der Waals surface area contributed by atoms with E-state index in [4.69, 9.17) is 4.42 Å². The molecule has 3 aromatic heterocycles. The molecule has 1 atom stereocenters. The van der Waals surface area contributed by atoms with E-state index in [2.05, 4.69) is 20.5 Å². The highest BCUT2D eigenvalue weighted by atomic mass is 32.2. The normalized spacial score (nSPS) is 12.3. The van der Waals surface area contributed by atoms with Gasteiger partial charge in [-0.15, -0.1) is 10.2 Å². The Balaban J connectivity index is 1.42. The van der Waals surface area contributed by atoms with E-state index in [9.17, 15) is 14.7 Å². The van der Waals surface area contributed by atoms with Crippen LogP contribution in [0.2, 0.25) is 0 Å². The van der Waals surface area contributed by atoms with Crippen LogP contribution in [0, 0.1) is 0 Å². The number of para-hydroxylation sites is 1. The maximum absolute atomic E-state index is 12.6. The molecule has 1 unspecified atom stereocenters. The van der Waals surface area contributed by atoms with Crippen LogP contribution in [0.4, 0.5) is 0 Å². The Bertz CT molecular complexity index is 1250. The maximum Gasteiger partial charge on any atom is 0.326 e. The molecule has 0 bridgehead atoms. The van der Waals surface area contributed by atoms with Gasteiger partial charge in [-0.3, -0.25) is 9.36 Å². The molecule has 33 heavy (non-hydrogen) atoms. The Hall–Kier alpha value is -3.53. The van der Waals surface area contributed by atoms with Gasteiger partial charge in [0.25, 0.3) is 0 Å².